The maximum absolute atomic E-state index is 5.31. The molecule has 0 bridgehead atoms. The number of anilines is 1. The zero-order chi connectivity index (χ0) is 8.55. The number of hydrogen-bond donors (Lipinski definition) is 0. The molecule has 3 nitrogen and oxygen atoms in total. The standard InChI is InChI=1S/C9H10N2O/c1-11(2)8-3-5-10-7-4-6-12-9(7)8/h3-6H,1-2H3. The number of fused-ring (bicyclic) bond motifs is 1. The van der Waals surface area contributed by atoms with Crippen LogP contribution in [0.2, 0.25) is 0 Å². The fraction of sp³-hybridized carbons (Fsp3) is 0.222. The Kier molecular flexibility index (Phi) is 1.50. The van der Waals surface area contributed by atoms with Crippen LogP contribution >= 0.6 is 0 Å². The van der Waals surface area contributed by atoms with E-state index in [-0.39, 0.29) is 0 Å². The Hall–Kier alpha value is -1.51. The van der Waals surface area contributed by atoms with Crippen molar-refractivity contribution in [3.63, 3.8) is 0 Å². The van der Waals surface area contributed by atoms with E-state index in [1.54, 1.807) is 12.5 Å². The van der Waals surface area contributed by atoms with Gasteiger partial charge in [-0.2, -0.15) is 0 Å². The Morgan fingerprint density at radius 3 is 2.92 bits per heavy atom. The van der Waals surface area contributed by atoms with Crippen molar-refractivity contribution >= 4 is 16.8 Å². The van der Waals surface area contributed by atoms with Crippen LogP contribution in [-0.4, -0.2) is 19.1 Å². The van der Waals surface area contributed by atoms with Gasteiger partial charge in [0, 0.05) is 26.4 Å². The molecule has 0 aliphatic heterocycles. The first-order valence-corrected chi connectivity index (χ1v) is 3.78. The smallest absolute Gasteiger partial charge is 0.175 e. The average molecular weight is 162 g/mol. The maximum Gasteiger partial charge on any atom is 0.175 e. The van der Waals surface area contributed by atoms with Crippen molar-refractivity contribution in [1.29, 1.82) is 0 Å². The molecule has 0 aromatic carbocycles. The van der Waals surface area contributed by atoms with Crippen molar-refractivity contribution in [2.45, 2.75) is 0 Å². The van der Waals surface area contributed by atoms with Gasteiger partial charge >= 0.3 is 0 Å². The van der Waals surface area contributed by atoms with E-state index in [2.05, 4.69) is 4.98 Å². The van der Waals surface area contributed by atoms with Crippen molar-refractivity contribution in [2.24, 2.45) is 0 Å². The zero-order valence-corrected chi connectivity index (χ0v) is 7.11. The molecule has 0 aliphatic carbocycles. The van der Waals surface area contributed by atoms with Gasteiger partial charge in [0.2, 0.25) is 0 Å². The van der Waals surface area contributed by atoms with Gasteiger partial charge in [0.05, 0.1) is 12.0 Å². The van der Waals surface area contributed by atoms with Crippen LogP contribution in [0.4, 0.5) is 5.69 Å². The molecule has 0 atom stereocenters. The van der Waals surface area contributed by atoms with Crippen molar-refractivity contribution in [3.05, 3.63) is 24.6 Å². The lowest BCUT2D eigenvalue weighted by molar-refractivity contribution is 0.615. The number of furan rings is 1. The van der Waals surface area contributed by atoms with Gasteiger partial charge in [-0.25, -0.2) is 0 Å². The summed E-state index contributed by atoms with van der Waals surface area (Å²) in [5.41, 5.74) is 2.81. The van der Waals surface area contributed by atoms with Crippen LogP contribution in [0.1, 0.15) is 0 Å². The summed E-state index contributed by atoms with van der Waals surface area (Å²) in [6.45, 7) is 0. The third kappa shape index (κ3) is 0.942. The van der Waals surface area contributed by atoms with Gasteiger partial charge in [-0.15, -0.1) is 0 Å². The van der Waals surface area contributed by atoms with Gasteiger partial charge < -0.3 is 9.32 Å². The summed E-state index contributed by atoms with van der Waals surface area (Å²) in [4.78, 5) is 6.17. The van der Waals surface area contributed by atoms with Gasteiger partial charge in [-0.3, -0.25) is 4.98 Å². The molecule has 3 heteroatoms. The molecule has 0 fully saturated rings. The highest BCUT2D eigenvalue weighted by Crippen LogP contribution is 2.23. The summed E-state index contributed by atoms with van der Waals surface area (Å²) < 4.78 is 5.31. The van der Waals surface area contributed by atoms with Crippen molar-refractivity contribution in [1.82, 2.24) is 4.98 Å². The number of aromatic nitrogens is 1. The first-order chi connectivity index (χ1) is 5.79. The molecule has 0 amide bonds. The van der Waals surface area contributed by atoms with Crippen LogP contribution in [0.3, 0.4) is 0 Å². The Morgan fingerprint density at radius 2 is 2.17 bits per heavy atom. The first-order valence-electron chi connectivity index (χ1n) is 3.78. The number of pyridine rings is 1. The van der Waals surface area contributed by atoms with E-state index in [4.69, 9.17) is 4.42 Å². The highest BCUT2D eigenvalue weighted by atomic mass is 16.3. The summed E-state index contributed by atoms with van der Waals surface area (Å²) in [5, 5.41) is 0. The third-order valence-electron chi connectivity index (χ3n) is 1.80. The van der Waals surface area contributed by atoms with Crippen LogP contribution in [0, 0.1) is 0 Å². The van der Waals surface area contributed by atoms with Crippen LogP contribution in [0.5, 0.6) is 0 Å². The van der Waals surface area contributed by atoms with Gasteiger partial charge in [0.15, 0.2) is 5.58 Å². The lowest BCUT2D eigenvalue weighted by Crippen LogP contribution is -2.08. The van der Waals surface area contributed by atoms with Crippen molar-refractivity contribution in [2.75, 3.05) is 19.0 Å². The highest BCUT2D eigenvalue weighted by molar-refractivity contribution is 5.85. The Labute approximate surface area is 70.6 Å². The SMILES string of the molecule is CN(C)c1ccnc2ccoc12. The second kappa shape index (κ2) is 2.52. The maximum atomic E-state index is 5.31. The second-order valence-corrected chi connectivity index (χ2v) is 2.86. The second-order valence-electron chi connectivity index (χ2n) is 2.86. The van der Waals surface area contributed by atoms with E-state index in [9.17, 15) is 0 Å². The van der Waals surface area contributed by atoms with Crippen LogP contribution < -0.4 is 4.90 Å². The molecule has 0 saturated carbocycles. The topological polar surface area (TPSA) is 29.3 Å². The number of rotatable bonds is 1. The molecule has 2 rings (SSSR count). The van der Waals surface area contributed by atoms with Crippen LogP contribution in [0.15, 0.2) is 29.0 Å². The van der Waals surface area contributed by atoms with Crippen molar-refractivity contribution in [3.8, 4) is 0 Å². The Morgan fingerprint density at radius 1 is 1.33 bits per heavy atom. The van der Waals surface area contributed by atoms with Crippen molar-refractivity contribution < 1.29 is 4.42 Å². The number of hydrogen-bond acceptors (Lipinski definition) is 3. The molecule has 2 aromatic heterocycles. The zero-order valence-electron chi connectivity index (χ0n) is 7.11. The van der Waals surface area contributed by atoms with Gasteiger partial charge in [0.1, 0.15) is 5.52 Å². The fourth-order valence-electron chi connectivity index (χ4n) is 1.21. The molecule has 0 unspecified atom stereocenters. The molecular formula is C9H10N2O. The first kappa shape index (κ1) is 7.16. The van der Waals surface area contributed by atoms with Crippen LogP contribution in [-0.2, 0) is 0 Å². The minimum absolute atomic E-state index is 0.850. The molecule has 0 aliphatic rings. The van der Waals surface area contributed by atoms with E-state index < -0.39 is 0 Å². The Bertz CT molecular complexity index is 392. The van der Waals surface area contributed by atoms with E-state index >= 15 is 0 Å². The predicted octanol–water partition coefficient (Wildman–Crippen LogP) is 1.89. The molecule has 0 saturated heterocycles. The summed E-state index contributed by atoms with van der Waals surface area (Å²) in [6, 6.07) is 3.80. The van der Waals surface area contributed by atoms with Gasteiger partial charge in [-0.1, -0.05) is 0 Å². The lowest BCUT2D eigenvalue weighted by atomic mass is 10.3. The molecular weight excluding hydrogens is 152 g/mol. The minimum Gasteiger partial charge on any atom is -0.460 e. The quantitative estimate of drug-likeness (QED) is 0.641. The predicted molar refractivity (Wildman–Crippen MR) is 48.3 cm³/mol. The van der Waals surface area contributed by atoms with Crippen LogP contribution in [0.25, 0.3) is 11.1 Å². The third-order valence-corrected chi connectivity index (χ3v) is 1.80. The molecule has 2 aromatic rings. The molecule has 12 heavy (non-hydrogen) atoms. The molecule has 2 heterocycles. The molecule has 62 valence electrons. The van der Waals surface area contributed by atoms with E-state index in [1.807, 2.05) is 31.1 Å². The largest absolute Gasteiger partial charge is 0.460 e. The fourth-order valence-corrected chi connectivity index (χ4v) is 1.21. The van der Waals surface area contributed by atoms with E-state index in [0.717, 1.165) is 16.8 Å². The summed E-state index contributed by atoms with van der Waals surface area (Å²) >= 11 is 0. The van der Waals surface area contributed by atoms with Gasteiger partial charge in [-0.05, 0) is 6.07 Å². The lowest BCUT2D eigenvalue weighted by Gasteiger charge is -2.11. The molecule has 0 radical (unpaired) electrons. The average Bonchev–Trinajstić information content (AvgIpc) is 2.49. The monoisotopic (exact) mass is 162 g/mol. The number of nitrogens with zero attached hydrogens (tertiary/aromatic N) is 2. The summed E-state index contributed by atoms with van der Waals surface area (Å²) in [7, 11) is 3.97. The normalized spacial score (nSPS) is 10.5. The summed E-state index contributed by atoms with van der Waals surface area (Å²) in [5.74, 6) is 0. The highest BCUT2D eigenvalue weighted by Gasteiger charge is 2.05. The Balaban J connectivity index is 2.73. The van der Waals surface area contributed by atoms with E-state index in [0.29, 0.717) is 0 Å². The van der Waals surface area contributed by atoms with E-state index in [1.165, 1.54) is 0 Å². The summed E-state index contributed by atoms with van der Waals surface area (Å²) in [6.07, 6.45) is 3.44. The van der Waals surface area contributed by atoms with Gasteiger partial charge in [0.25, 0.3) is 0 Å². The minimum atomic E-state index is 0.850. The molecule has 0 spiro atoms. The molecule has 0 N–H and O–H groups in total.